The first kappa shape index (κ1) is 21.0. The summed E-state index contributed by atoms with van der Waals surface area (Å²) in [5.74, 6) is 0.201. The molecular weight excluding hydrogens is 404 g/mol. The number of carbonyl (C=O) groups is 1. The number of hydrogen-bond acceptors (Lipinski definition) is 5. The molecule has 3 heterocycles. The fraction of sp³-hybridized carbons (Fsp3) is 0.462. The highest BCUT2D eigenvalue weighted by molar-refractivity contribution is 5.76. The molecule has 0 unspecified atom stereocenters. The molecule has 32 heavy (non-hydrogen) atoms. The van der Waals surface area contributed by atoms with Crippen molar-refractivity contribution in [2.45, 2.75) is 65.3 Å². The van der Waals surface area contributed by atoms with Crippen molar-refractivity contribution in [1.29, 1.82) is 0 Å². The molecule has 0 amide bonds. The van der Waals surface area contributed by atoms with E-state index in [1.807, 2.05) is 81.6 Å². The Hall–Kier alpha value is -2.86. The highest BCUT2D eigenvalue weighted by atomic mass is 16.6. The first-order valence-electron chi connectivity index (χ1n) is 11.3. The van der Waals surface area contributed by atoms with Crippen LogP contribution >= 0.6 is 0 Å². The van der Waals surface area contributed by atoms with Crippen LogP contribution in [0.5, 0.6) is 5.75 Å². The van der Waals surface area contributed by atoms with Crippen LogP contribution in [-0.4, -0.2) is 26.6 Å². The average Bonchev–Trinajstić information content (AvgIpc) is 3.57. The number of aromatic nitrogens is 2. The molecule has 2 aliphatic rings. The van der Waals surface area contributed by atoms with Gasteiger partial charge in [-0.15, -0.1) is 0 Å². The van der Waals surface area contributed by atoms with Gasteiger partial charge in [0.25, 0.3) is 0 Å². The van der Waals surface area contributed by atoms with Gasteiger partial charge in [0.05, 0.1) is 11.1 Å². The third-order valence-electron chi connectivity index (χ3n) is 6.78. The zero-order valence-electron chi connectivity index (χ0n) is 19.3. The topological polar surface area (TPSA) is 73.1 Å². The summed E-state index contributed by atoms with van der Waals surface area (Å²) in [6.45, 7) is 9.44. The Bertz CT molecular complexity index is 1190. The molecular formula is C26H30N2O4. The van der Waals surface area contributed by atoms with Gasteiger partial charge in [-0.3, -0.25) is 4.79 Å². The van der Waals surface area contributed by atoms with Crippen molar-refractivity contribution < 1.29 is 19.4 Å². The number of esters is 1. The van der Waals surface area contributed by atoms with Gasteiger partial charge in [-0.05, 0) is 65.0 Å². The summed E-state index contributed by atoms with van der Waals surface area (Å²) in [5.41, 5.74) is 2.06. The van der Waals surface area contributed by atoms with Gasteiger partial charge in [0.1, 0.15) is 5.60 Å². The van der Waals surface area contributed by atoms with E-state index < -0.39 is 23.2 Å². The Kier molecular flexibility index (Phi) is 4.64. The van der Waals surface area contributed by atoms with E-state index in [2.05, 4.69) is 0 Å². The van der Waals surface area contributed by atoms with E-state index in [1.165, 1.54) is 0 Å². The number of aryl methyl sites for hydroxylation is 2. The molecule has 168 valence electrons. The minimum absolute atomic E-state index is 0.00580. The van der Waals surface area contributed by atoms with Crippen LogP contribution in [0.4, 0.5) is 0 Å². The zero-order chi connectivity index (χ0) is 22.8. The third kappa shape index (κ3) is 3.12. The van der Waals surface area contributed by atoms with E-state index in [4.69, 9.17) is 14.5 Å². The summed E-state index contributed by atoms with van der Waals surface area (Å²) < 4.78 is 14.7. The van der Waals surface area contributed by atoms with Gasteiger partial charge in [0.15, 0.2) is 23.6 Å². The van der Waals surface area contributed by atoms with Crippen molar-refractivity contribution in [3.63, 3.8) is 0 Å². The quantitative estimate of drug-likeness (QED) is 0.608. The van der Waals surface area contributed by atoms with Crippen LogP contribution in [-0.2, 0) is 15.1 Å². The fourth-order valence-corrected chi connectivity index (χ4v) is 4.62. The van der Waals surface area contributed by atoms with E-state index >= 15 is 0 Å². The van der Waals surface area contributed by atoms with Gasteiger partial charge in [-0.2, -0.15) is 0 Å². The summed E-state index contributed by atoms with van der Waals surface area (Å²) >= 11 is 0. The van der Waals surface area contributed by atoms with Gasteiger partial charge in [-0.25, -0.2) is 4.98 Å². The summed E-state index contributed by atoms with van der Waals surface area (Å²) in [4.78, 5) is 17.8. The number of hydrogen-bond donors (Lipinski definition) is 1. The normalized spacial score (nSPS) is 25.3. The summed E-state index contributed by atoms with van der Waals surface area (Å²) in [6, 6.07) is 11.6. The molecule has 0 radical (unpaired) electrons. The summed E-state index contributed by atoms with van der Waals surface area (Å²) in [7, 11) is 0. The maximum absolute atomic E-state index is 13.0. The smallest absolute Gasteiger partial charge is 0.311 e. The number of fused-ring (bicyclic) bond motifs is 3. The standard InChI is InChI=1S/C26H30N2O4/c1-15-16(2)28-14-13-19-21(23(28)27-15)31-20(17-9-7-6-8-10-17)22(26(19,30)18-11-12-18)32-24(29)25(3,4)5/h6-10,13-14,18,20,22,30H,11-12H2,1-5H3/t20-,22-,26-/m1/s1. The number of ether oxygens (including phenoxy) is 2. The lowest BCUT2D eigenvalue weighted by Gasteiger charge is -2.45. The van der Waals surface area contributed by atoms with Crippen molar-refractivity contribution in [3.05, 3.63) is 65.1 Å². The molecule has 1 aromatic carbocycles. The van der Waals surface area contributed by atoms with E-state index in [0.717, 1.165) is 29.8 Å². The second-order valence-corrected chi connectivity index (χ2v) is 10.2. The number of imidazole rings is 1. The van der Waals surface area contributed by atoms with Crippen LogP contribution in [0.25, 0.3) is 5.65 Å². The van der Waals surface area contributed by atoms with E-state index in [-0.39, 0.29) is 11.9 Å². The highest BCUT2D eigenvalue weighted by Crippen LogP contribution is 2.57. The summed E-state index contributed by atoms with van der Waals surface area (Å²) in [5, 5.41) is 12.3. The van der Waals surface area contributed by atoms with E-state index in [1.54, 1.807) is 0 Å². The minimum atomic E-state index is -1.36. The van der Waals surface area contributed by atoms with Crippen LogP contribution in [0.1, 0.15) is 62.2 Å². The minimum Gasteiger partial charge on any atom is -0.477 e. The number of nitrogens with zero attached hydrogens (tertiary/aromatic N) is 2. The maximum atomic E-state index is 13.0. The molecule has 5 rings (SSSR count). The monoisotopic (exact) mass is 434 g/mol. The van der Waals surface area contributed by atoms with Crippen LogP contribution in [0.2, 0.25) is 0 Å². The molecule has 3 aromatic rings. The van der Waals surface area contributed by atoms with Gasteiger partial charge < -0.3 is 19.0 Å². The Morgan fingerprint density at radius 2 is 1.88 bits per heavy atom. The van der Waals surface area contributed by atoms with Crippen molar-refractivity contribution in [3.8, 4) is 5.75 Å². The molecule has 6 heteroatoms. The predicted molar refractivity (Wildman–Crippen MR) is 120 cm³/mol. The first-order valence-corrected chi connectivity index (χ1v) is 11.3. The molecule has 1 fully saturated rings. The number of carbonyl (C=O) groups excluding carboxylic acids is 1. The largest absolute Gasteiger partial charge is 0.477 e. The van der Waals surface area contributed by atoms with Gasteiger partial charge in [0.2, 0.25) is 0 Å². The number of pyridine rings is 1. The number of benzene rings is 1. The second kappa shape index (κ2) is 7.07. The molecule has 0 saturated heterocycles. The van der Waals surface area contributed by atoms with Crippen LogP contribution in [0.15, 0.2) is 42.6 Å². The molecule has 3 atom stereocenters. The predicted octanol–water partition coefficient (Wildman–Crippen LogP) is 4.64. The average molecular weight is 435 g/mol. The molecule has 1 N–H and O–H groups in total. The number of rotatable bonds is 3. The van der Waals surface area contributed by atoms with Gasteiger partial charge >= 0.3 is 5.97 Å². The molecule has 2 aromatic heterocycles. The van der Waals surface area contributed by atoms with Crippen molar-refractivity contribution in [2.75, 3.05) is 0 Å². The molecule has 0 spiro atoms. The molecule has 6 nitrogen and oxygen atoms in total. The second-order valence-electron chi connectivity index (χ2n) is 10.2. The molecule has 1 saturated carbocycles. The molecule has 1 aliphatic carbocycles. The van der Waals surface area contributed by atoms with Crippen molar-refractivity contribution in [1.82, 2.24) is 9.38 Å². The van der Waals surface area contributed by atoms with Gasteiger partial charge in [0, 0.05) is 17.5 Å². The lowest BCUT2D eigenvalue weighted by Crippen LogP contribution is -2.53. The lowest BCUT2D eigenvalue weighted by molar-refractivity contribution is -0.200. The fourth-order valence-electron chi connectivity index (χ4n) is 4.62. The Balaban J connectivity index is 1.74. The molecule has 0 bridgehead atoms. The number of aliphatic hydroxyl groups is 1. The SMILES string of the molecule is Cc1nc2c3c(ccn2c1C)[C@](O)(C1CC1)[C@H](OC(=O)C(C)(C)C)[C@@H](c1ccccc1)O3. The zero-order valence-corrected chi connectivity index (χ0v) is 19.3. The molecule has 1 aliphatic heterocycles. The first-order chi connectivity index (χ1) is 15.1. The maximum Gasteiger partial charge on any atom is 0.311 e. The Morgan fingerprint density at radius 1 is 1.19 bits per heavy atom. The van der Waals surface area contributed by atoms with Crippen molar-refractivity contribution >= 4 is 11.6 Å². The van der Waals surface area contributed by atoms with Crippen LogP contribution < -0.4 is 4.74 Å². The summed E-state index contributed by atoms with van der Waals surface area (Å²) in [6.07, 6.45) is 2.16. The van der Waals surface area contributed by atoms with Crippen LogP contribution in [0.3, 0.4) is 0 Å². The third-order valence-corrected chi connectivity index (χ3v) is 6.78. The lowest BCUT2D eigenvalue weighted by atomic mass is 9.77. The van der Waals surface area contributed by atoms with Crippen LogP contribution in [0, 0.1) is 25.2 Å². The van der Waals surface area contributed by atoms with Crippen molar-refractivity contribution in [2.24, 2.45) is 11.3 Å². The van der Waals surface area contributed by atoms with E-state index in [0.29, 0.717) is 17.0 Å². The Morgan fingerprint density at radius 3 is 2.50 bits per heavy atom. The van der Waals surface area contributed by atoms with Gasteiger partial charge in [-0.1, -0.05) is 30.3 Å². The Labute approximate surface area is 188 Å². The van der Waals surface area contributed by atoms with E-state index in [9.17, 15) is 9.90 Å². The highest BCUT2D eigenvalue weighted by Gasteiger charge is 2.60.